The summed E-state index contributed by atoms with van der Waals surface area (Å²) < 4.78 is 30.3. The molecule has 1 aliphatic rings. The largest absolute Gasteiger partial charge is 0.392 e. The van der Waals surface area contributed by atoms with Gasteiger partial charge in [-0.25, -0.2) is 13.1 Å². The van der Waals surface area contributed by atoms with Crippen molar-refractivity contribution in [2.75, 3.05) is 25.5 Å². The van der Waals surface area contributed by atoms with Gasteiger partial charge in [-0.15, -0.1) is 0 Å². The molecule has 1 rings (SSSR count). The van der Waals surface area contributed by atoms with E-state index < -0.39 is 10.0 Å². The average molecular weight is 252 g/mol. The highest BCUT2D eigenvalue weighted by Gasteiger charge is 2.17. The van der Waals surface area contributed by atoms with Crippen molar-refractivity contribution in [3.63, 3.8) is 0 Å². The summed E-state index contributed by atoms with van der Waals surface area (Å²) in [5.74, 6) is 0.196. The fourth-order valence-electron chi connectivity index (χ4n) is 1.47. The molecule has 0 spiro atoms. The number of sulfonamides is 1. The van der Waals surface area contributed by atoms with Gasteiger partial charge in [-0.3, -0.25) is 0 Å². The predicted molar refractivity (Wildman–Crippen MR) is 62.1 cm³/mol. The Morgan fingerprint density at radius 2 is 2.33 bits per heavy atom. The molecule has 0 aromatic rings. The van der Waals surface area contributed by atoms with E-state index in [4.69, 9.17) is 10.5 Å². The molecule has 0 aromatic heterocycles. The Kier molecular flexibility index (Phi) is 4.91. The maximum Gasteiger partial charge on any atom is 0.218 e. The predicted octanol–water partition coefficient (Wildman–Crippen LogP) is -0.381. The molecule has 1 aliphatic heterocycles. The van der Waals surface area contributed by atoms with Gasteiger partial charge < -0.3 is 10.5 Å². The molecule has 5 nitrogen and oxygen atoms in total. The molecule has 1 atom stereocenters. The van der Waals surface area contributed by atoms with Crippen molar-refractivity contribution in [2.24, 2.45) is 11.7 Å². The standard InChI is InChI=1S/C8H16N2O3S2/c9-8(14)6-15(11,12)10-3-1-7-2-4-13-5-7/h7,10H,1-6H2,(H2,9,14). The van der Waals surface area contributed by atoms with Gasteiger partial charge in [-0.1, -0.05) is 12.2 Å². The quantitative estimate of drug-likeness (QED) is 0.630. The molecule has 1 saturated heterocycles. The van der Waals surface area contributed by atoms with E-state index in [2.05, 4.69) is 16.9 Å². The zero-order chi connectivity index (χ0) is 11.3. The van der Waals surface area contributed by atoms with Crippen LogP contribution in [0.15, 0.2) is 0 Å². The van der Waals surface area contributed by atoms with Crippen LogP contribution in [0.3, 0.4) is 0 Å². The molecule has 3 N–H and O–H groups in total. The van der Waals surface area contributed by atoms with Crippen molar-refractivity contribution in [3.05, 3.63) is 0 Å². The summed E-state index contributed by atoms with van der Waals surface area (Å²) in [4.78, 5) is -0.00769. The highest BCUT2D eigenvalue weighted by Crippen LogP contribution is 2.15. The maximum atomic E-state index is 11.3. The van der Waals surface area contributed by atoms with Crippen LogP contribution in [0.25, 0.3) is 0 Å². The number of thiocarbonyl (C=S) groups is 1. The van der Waals surface area contributed by atoms with Gasteiger partial charge in [0.25, 0.3) is 0 Å². The van der Waals surface area contributed by atoms with E-state index in [1.807, 2.05) is 0 Å². The fourth-order valence-corrected chi connectivity index (χ4v) is 2.84. The average Bonchev–Trinajstić information content (AvgIpc) is 2.53. The summed E-state index contributed by atoms with van der Waals surface area (Å²) in [6.45, 7) is 1.94. The van der Waals surface area contributed by atoms with Crippen molar-refractivity contribution >= 4 is 27.2 Å². The first kappa shape index (κ1) is 12.8. The van der Waals surface area contributed by atoms with Gasteiger partial charge in [0, 0.05) is 19.8 Å². The second kappa shape index (κ2) is 5.74. The Bertz CT molecular complexity index is 310. The smallest absolute Gasteiger partial charge is 0.218 e. The zero-order valence-corrected chi connectivity index (χ0v) is 10.1. The van der Waals surface area contributed by atoms with E-state index in [0.29, 0.717) is 12.5 Å². The minimum absolute atomic E-state index is 0.00769. The van der Waals surface area contributed by atoms with Crippen LogP contribution in [0.4, 0.5) is 0 Å². The molecule has 0 amide bonds. The van der Waals surface area contributed by atoms with Gasteiger partial charge in [-0.05, 0) is 18.8 Å². The lowest BCUT2D eigenvalue weighted by Crippen LogP contribution is -2.33. The molecule has 0 aromatic carbocycles. The van der Waals surface area contributed by atoms with E-state index >= 15 is 0 Å². The number of rotatable bonds is 6. The summed E-state index contributed by atoms with van der Waals surface area (Å²) in [5.41, 5.74) is 5.16. The minimum Gasteiger partial charge on any atom is -0.392 e. The summed E-state index contributed by atoms with van der Waals surface area (Å²) in [7, 11) is -3.33. The van der Waals surface area contributed by atoms with Crippen LogP contribution in [0.1, 0.15) is 12.8 Å². The third kappa shape index (κ3) is 5.41. The summed E-state index contributed by atoms with van der Waals surface area (Å²) in [5, 5.41) is 0. The Balaban J connectivity index is 2.20. The van der Waals surface area contributed by atoms with Crippen molar-refractivity contribution in [3.8, 4) is 0 Å². The van der Waals surface area contributed by atoms with Crippen molar-refractivity contribution in [2.45, 2.75) is 12.8 Å². The molecule has 1 heterocycles. The van der Waals surface area contributed by atoms with Crippen LogP contribution in [-0.2, 0) is 14.8 Å². The van der Waals surface area contributed by atoms with E-state index in [1.54, 1.807) is 0 Å². The normalized spacial score (nSPS) is 21.7. The Morgan fingerprint density at radius 3 is 2.87 bits per heavy atom. The number of hydrogen-bond acceptors (Lipinski definition) is 4. The summed E-state index contributed by atoms with van der Waals surface area (Å²) >= 11 is 4.54. The van der Waals surface area contributed by atoms with Gasteiger partial charge >= 0.3 is 0 Å². The Morgan fingerprint density at radius 1 is 1.60 bits per heavy atom. The third-order valence-electron chi connectivity index (χ3n) is 2.23. The molecule has 0 aliphatic carbocycles. The first-order chi connectivity index (χ1) is 6.99. The first-order valence-electron chi connectivity index (χ1n) is 4.83. The number of nitrogens with one attached hydrogen (secondary N) is 1. The molecule has 88 valence electrons. The molecule has 0 radical (unpaired) electrons. The maximum absolute atomic E-state index is 11.3. The summed E-state index contributed by atoms with van der Waals surface area (Å²) in [6, 6.07) is 0. The van der Waals surface area contributed by atoms with Gasteiger partial charge in [0.05, 0.1) is 4.99 Å². The number of hydrogen-bond donors (Lipinski definition) is 2. The zero-order valence-electron chi connectivity index (χ0n) is 8.44. The minimum atomic E-state index is -3.33. The lowest BCUT2D eigenvalue weighted by atomic mass is 10.1. The molecule has 1 unspecified atom stereocenters. The monoisotopic (exact) mass is 252 g/mol. The Hall–Kier alpha value is -0.240. The van der Waals surface area contributed by atoms with Gasteiger partial charge in [0.1, 0.15) is 5.75 Å². The molecular weight excluding hydrogens is 236 g/mol. The van der Waals surface area contributed by atoms with Gasteiger partial charge in [0.15, 0.2) is 0 Å². The molecule has 15 heavy (non-hydrogen) atoms. The van der Waals surface area contributed by atoms with Crippen molar-refractivity contribution in [1.82, 2.24) is 4.72 Å². The van der Waals surface area contributed by atoms with Crippen LogP contribution in [0.2, 0.25) is 0 Å². The van der Waals surface area contributed by atoms with Gasteiger partial charge in [-0.2, -0.15) is 0 Å². The summed E-state index contributed by atoms with van der Waals surface area (Å²) in [6.07, 6.45) is 1.81. The fraction of sp³-hybridized carbons (Fsp3) is 0.875. The number of ether oxygens (including phenoxy) is 1. The SMILES string of the molecule is NC(=S)CS(=O)(=O)NCCC1CCOC1. The first-order valence-corrected chi connectivity index (χ1v) is 6.89. The second-order valence-corrected chi connectivity index (χ2v) is 5.97. The van der Waals surface area contributed by atoms with Crippen LogP contribution in [0.5, 0.6) is 0 Å². The van der Waals surface area contributed by atoms with E-state index in [9.17, 15) is 8.42 Å². The lowest BCUT2D eigenvalue weighted by molar-refractivity contribution is 0.184. The Labute approximate surface area is 95.4 Å². The van der Waals surface area contributed by atoms with E-state index in [1.165, 1.54) is 0 Å². The van der Waals surface area contributed by atoms with Crippen LogP contribution in [0, 0.1) is 5.92 Å². The van der Waals surface area contributed by atoms with E-state index in [0.717, 1.165) is 26.1 Å². The topological polar surface area (TPSA) is 81.4 Å². The second-order valence-electron chi connectivity index (χ2n) is 3.64. The van der Waals surface area contributed by atoms with Crippen LogP contribution >= 0.6 is 12.2 Å². The number of nitrogens with two attached hydrogens (primary N) is 1. The third-order valence-corrected chi connectivity index (χ3v) is 3.89. The van der Waals surface area contributed by atoms with Crippen molar-refractivity contribution < 1.29 is 13.2 Å². The van der Waals surface area contributed by atoms with Gasteiger partial charge in [0.2, 0.25) is 10.0 Å². The van der Waals surface area contributed by atoms with Crippen molar-refractivity contribution in [1.29, 1.82) is 0 Å². The molecule has 7 heteroatoms. The molecule has 0 saturated carbocycles. The van der Waals surface area contributed by atoms with Crippen LogP contribution < -0.4 is 10.5 Å². The molecule has 1 fully saturated rings. The van der Waals surface area contributed by atoms with Crippen LogP contribution in [-0.4, -0.2) is 38.9 Å². The highest BCUT2D eigenvalue weighted by atomic mass is 32.2. The lowest BCUT2D eigenvalue weighted by Gasteiger charge is -2.08. The van der Waals surface area contributed by atoms with E-state index in [-0.39, 0.29) is 10.7 Å². The highest BCUT2D eigenvalue weighted by molar-refractivity contribution is 7.92. The molecular formula is C8H16N2O3S2. The molecule has 0 bridgehead atoms.